The van der Waals surface area contributed by atoms with Gasteiger partial charge in [-0.1, -0.05) is 25.1 Å². The van der Waals surface area contributed by atoms with Gasteiger partial charge in [0, 0.05) is 18.4 Å². The van der Waals surface area contributed by atoms with E-state index in [1.165, 1.54) is 0 Å². The molecule has 23 heavy (non-hydrogen) atoms. The molecule has 0 saturated heterocycles. The number of carbonyl (C=O) groups excluding carboxylic acids is 1. The fourth-order valence-electron chi connectivity index (χ4n) is 2.12. The Morgan fingerprint density at radius 1 is 1.13 bits per heavy atom. The maximum atomic E-state index is 12.1. The molecule has 0 saturated carbocycles. The Labute approximate surface area is 138 Å². The van der Waals surface area contributed by atoms with Gasteiger partial charge in [-0.25, -0.2) is 0 Å². The third kappa shape index (κ3) is 5.33. The van der Waals surface area contributed by atoms with Crippen LogP contribution in [0.2, 0.25) is 0 Å². The minimum absolute atomic E-state index is 0.0491. The predicted molar refractivity (Wildman–Crippen MR) is 95.2 cm³/mol. The molecule has 0 bridgehead atoms. The lowest BCUT2D eigenvalue weighted by atomic mass is 10.2. The molecule has 4 heteroatoms. The first-order chi connectivity index (χ1) is 11.1. The summed E-state index contributed by atoms with van der Waals surface area (Å²) in [5.74, 6) is 0.769. The molecule has 0 aliphatic heterocycles. The molecule has 1 unspecified atom stereocenters. The molecule has 0 fully saturated rings. The van der Waals surface area contributed by atoms with Crippen molar-refractivity contribution in [2.24, 2.45) is 0 Å². The second kappa shape index (κ2) is 8.22. The Morgan fingerprint density at radius 2 is 1.78 bits per heavy atom. The molecule has 122 valence electrons. The summed E-state index contributed by atoms with van der Waals surface area (Å²) in [5, 5.41) is 2.90. The average molecular weight is 312 g/mol. The van der Waals surface area contributed by atoms with Crippen molar-refractivity contribution in [2.75, 3.05) is 23.8 Å². The summed E-state index contributed by atoms with van der Waals surface area (Å²) >= 11 is 0. The fourth-order valence-corrected chi connectivity index (χ4v) is 2.12. The van der Waals surface area contributed by atoms with E-state index in [2.05, 4.69) is 12.2 Å². The summed E-state index contributed by atoms with van der Waals surface area (Å²) in [6, 6.07) is 17.3. The van der Waals surface area contributed by atoms with Gasteiger partial charge in [0.2, 0.25) is 5.91 Å². The Balaban J connectivity index is 1.87. The van der Waals surface area contributed by atoms with Gasteiger partial charge in [0.1, 0.15) is 5.75 Å². The van der Waals surface area contributed by atoms with Gasteiger partial charge in [0.05, 0.1) is 12.6 Å². The first kappa shape index (κ1) is 16.9. The van der Waals surface area contributed by atoms with Crippen LogP contribution < -0.4 is 15.0 Å². The number of nitrogens with one attached hydrogen (secondary N) is 1. The van der Waals surface area contributed by atoms with Crippen molar-refractivity contribution in [2.45, 2.75) is 26.4 Å². The van der Waals surface area contributed by atoms with Gasteiger partial charge >= 0.3 is 0 Å². The molecule has 2 rings (SSSR count). The third-order valence-corrected chi connectivity index (χ3v) is 3.63. The van der Waals surface area contributed by atoms with Crippen molar-refractivity contribution < 1.29 is 9.53 Å². The van der Waals surface area contributed by atoms with Crippen molar-refractivity contribution >= 4 is 17.3 Å². The molecule has 2 aromatic carbocycles. The third-order valence-electron chi connectivity index (χ3n) is 3.63. The van der Waals surface area contributed by atoms with Crippen LogP contribution in [-0.4, -0.2) is 25.6 Å². The first-order valence-corrected chi connectivity index (χ1v) is 7.91. The van der Waals surface area contributed by atoms with Gasteiger partial charge < -0.3 is 15.0 Å². The molecule has 0 aliphatic rings. The quantitative estimate of drug-likeness (QED) is 0.842. The van der Waals surface area contributed by atoms with Crippen LogP contribution in [-0.2, 0) is 4.79 Å². The van der Waals surface area contributed by atoms with E-state index in [0.29, 0.717) is 6.54 Å². The number of rotatable bonds is 7. The van der Waals surface area contributed by atoms with Gasteiger partial charge in [-0.15, -0.1) is 0 Å². The van der Waals surface area contributed by atoms with Crippen molar-refractivity contribution in [3.8, 4) is 5.75 Å². The van der Waals surface area contributed by atoms with Crippen LogP contribution in [0.1, 0.15) is 20.3 Å². The standard InChI is InChI=1S/C19H24N2O2/c1-4-15(2)23-18-12-10-16(11-13-18)20-19(22)14-21(3)17-8-6-5-7-9-17/h5-13,15H,4,14H2,1-3H3,(H,20,22). The summed E-state index contributed by atoms with van der Waals surface area (Å²) in [4.78, 5) is 14.0. The van der Waals surface area contributed by atoms with Crippen molar-refractivity contribution in [1.82, 2.24) is 0 Å². The minimum atomic E-state index is -0.0491. The summed E-state index contributed by atoms with van der Waals surface area (Å²) in [6.07, 6.45) is 1.15. The number of carbonyl (C=O) groups is 1. The predicted octanol–water partition coefficient (Wildman–Crippen LogP) is 3.94. The average Bonchev–Trinajstić information content (AvgIpc) is 2.57. The lowest BCUT2D eigenvalue weighted by Crippen LogP contribution is -2.29. The smallest absolute Gasteiger partial charge is 0.243 e. The van der Waals surface area contributed by atoms with Crippen LogP contribution in [0.4, 0.5) is 11.4 Å². The van der Waals surface area contributed by atoms with Gasteiger partial charge in [-0.05, 0) is 49.7 Å². The van der Waals surface area contributed by atoms with E-state index in [1.807, 2.05) is 73.5 Å². The summed E-state index contributed by atoms with van der Waals surface area (Å²) in [5.41, 5.74) is 1.79. The largest absolute Gasteiger partial charge is 0.491 e. The number of amides is 1. The molecule has 2 aromatic rings. The van der Waals surface area contributed by atoms with E-state index in [9.17, 15) is 4.79 Å². The molecule has 1 atom stereocenters. The highest BCUT2D eigenvalue weighted by Crippen LogP contribution is 2.18. The number of hydrogen-bond donors (Lipinski definition) is 1. The van der Waals surface area contributed by atoms with E-state index >= 15 is 0 Å². The van der Waals surface area contributed by atoms with Crippen molar-refractivity contribution in [1.29, 1.82) is 0 Å². The van der Waals surface area contributed by atoms with Crippen molar-refractivity contribution in [3.63, 3.8) is 0 Å². The van der Waals surface area contributed by atoms with Crippen LogP contribution in [0.5, 0.6) is 5.75 Å². The minimum Gasteiger partial charge on any atom is -0.491 e. The van der Waals surface area contributed by atoms with Crippen LogP contribution in [0.3, 0.4) is 0 Å². The number of para-hydroxylation sites is 1. The van der Waals surface area contributed by atoms with Gasteiger partial charge in [0.25, 0.3) is 0 Å². The highest BCUT2D eigenvalue weighted by Gasteiger charge is 2.08. The Hall–Kier alpha value is -2.49. The van der Waals surface area contributed by atoms with E-state index in [1.54, 1.807) is 0 Å². The van der Waals surface area contributed by atoms with Crippen LogP contribution >= 0.6 is 0 Å². The molecule has 4 nitrogen and oxygen atoms in total. The van der Waals surface area contributed by atoms with E-state index in [0.717, 1.165) is 23.5 Å². The van der Waals surface area contributed by atoms with Gasteiger partial charge in [-0.3, -0.25) is 4.79 Å². The molecule has 0 aliphatic carbocycles. The number of likely N-dealkylation sites (N-methyl/N-ethyl adjacent to an activating group) is 1. The molecular weight excluding hydrogens is 288 g/mol. The van der Waals surface area contributed by atoms with Gasteiger partial charge in [-0.2, -0.15) is 0 Å². The topological polar surface area (TPSA) is 41.6 Å². The Kier molecular flexibility index (Phi) is 6.03. The summed E-state index contributed by atoms with van der Waals surface area (Å²) in [6.45, 7) is 4.42. The first-order valence-electron chi connectivity index (χ1n) is 7.91. The zero-order valence-corrected chi connectivity index (χ0v) is 14.0. The van der Waals surface area contributed by atoms with Crippen LogP contribution in [0.15, 0.2) is 54.6 Å². The fraction of sp³-hybridized carbons (Fsp3) is 0.316. The molecule has 0 heterocycles. The van der Waals surface area contributed by atoms with E-state index in [-0.39, 0.29) is 12.0 Å². The number of nitrogens with zero attached hydrogens (tertiary/aromatic N) is 1. The number of benzene rings is 2. The Morgan fingerprint density at radius 3 is 2.39 bits per heavy atom. The highest BCUT2D eigenvalue weighted by atomic mass is 16.5. The van der Waals surface area contributed by atoms with Crippen LogP contribution in [0, 0.1) is 0 Å². The monoisotopic (exact) mass is 312 g/mol. The lowest BCUT2D eigenvalue weighted by molar-refractivity contribution is -0.114. The zero-order chi connectivity index (χ0) is 16.7. The number of ether oxygens (including phenoxy) is 1. The Bertz CT molecular complexity index is 611. The molecule has 1 amide bonds. The second-order valence-corrected chi connectivity index (χ2v) is 5.60. The van der Waals surface area contributed by atoms with E-state index < -0.39 is 0 Å². The second-order valence-electron chi connectivity index (χ2n) is 5.60. The van der Waals surface area contributed by atoms with Crippen LogP contribution in [0.25, 0.3) is 0 Å². The maximum Gasteiger partial charge on any atom is 0.243 e. The number of anilines is 2. The SMILES string of the molecule is CCC(C)Oc1ccc(NC(=O)CN(C)c2ccccc2)cc1. The van der Waals surface area contributed by atoms with Gasteiger partial charge in [0.15, 0.2) is 0 Å². The molecular formula is C19H24N2O2. The maximum absolute atomic E-state index is 12.1. The van der Waals surface area contributed by atoms with Crippen molar-refractivity contribution in [3.05, 3.63) is 54.6 Å². The molecule has 0 aromatic heterocycles. The molecule has 0 spiro atoms. The highest BCUT2D eigenvalue weighted by molar-refractivity contribution is 5.94. The molecule has 0 radical (unpaired) electrons. The summed E-state index contributed by atoms with van der Waals surface area (Å²) in [7, 11) is 1.90. The normalized spacial score (nSPS) is 11.6. The van der Waals surface area contributed by atoms with E-state index in [4.69, 9.17) is 4.74 Å². The zero-order valence-electron chi connectivity index (χ0n) is 14.0. The molecule has 1 N–H and O–H groups in total. The summed E-state index contributed by atoms with van der Waals surface area (Å²) < 4.78 is 5.72. The lowest BCUT2D eigenvalue weighted by Gasteiger charge is -2.18. The number of hydrogen-bond acceptors (Lipinski definition) is 3.